The molecule has 1 saturated carbocycles. The van der Waals surface area contributed by atoms with E-state index in [-0.39, 0.29) is 36.3 Å². The minimum atomic E-state index is -0.544. The summed E-state index contributed by atoms with van der Waals surface area (Å²) in [5, 5.41) is 5.35. The van der Waals surface area contributed by atoms with Crippen LogP contribution in [0.3, 0.4) is 0 Å². The molecular weight excluding hydrogens is 568 g/mol. The molecule has 236 valence electrons. The molecule has 11 nitrogen and oxygen atoms in total. The summed E-state index contributed by atoms with van der Waals surface area (Å²) in [6.45, 7) is 7.58. The minimum Gasteiger partial charge on any atom is -0.497 e. The molecule has 1 fully saturated rings. The first-order valence-corrected chi connectivity index (χ1v) is 14.8. The number of benzene rings is 2. The van der Waals surface area contributed by atoms with Gasteiger partial charge in [-0.05, 0) is 79.1 Å². The molecular formula is C33H40N2O9. The fraction of sp³-hybridized carbons (Fsp3) is 0.485. The number of methoxy groups -OCH3 is 2. The number of hydrogen-bond acceptors (Lipinski definition) is 9. The lowest BCUT2D eigenvalue weighted by Crippen LogP contribution is -2.34. The zero-order valence-corrected chi connectivity index (χ0v) is 25.8. The van der Waals surface area contributed by atoms with Crippen LogP contribution in [0.5, 0.6) is 11.5 Å². The summed E-state index contributed by atoms with van der Waals surface area (Å²) in [6.07, 6.45) is -1.00. The molecule has 0 spiro atoms. The first-order chi connectivity index (χ1) is 21.1. The summed E-state index contributed by atoms with van der Waals surface area (Å²) in [7, 11) is 3.24. The molecule has 2 N–H and O–H groups in total. The second-order valence-corrected chi connectivity index (χ2v) is 11.9. The van der Waals surface area contributed by atoms with Crippen LogP contribution in [-0.4, -0.2) is 78.1 Å². The Morgan fingerprint density at radius 3 is 1.73 bits per heavy atom. The lowest BCUT2D eigenvalue weighted by Gasteiger charge is -2.19. The third kappa shape index (κ3) is 7.16. The van der Waals surface area contributed by atoms with Crippen molar-refractivity contribution in [1.29, 1.82) is 0 Å². The largest absolute Gasteiger partial charge is 0.497 e. The van der Waals surface area contributed by atoms with Gasteiger partial charge in [0.05, 0.1) is 47.3 Å². The maximum Gasteiger partial charge on any atom is 0.407 e. The first-order valence-electron chi connectivity index (χ1n) is 14.8. The molecule has 3 atom stereocenters. The number of amides is 2. The van der Waals surface area contributed by atoms with E-state index in [2.05, 4.69) is 10.6 Å². The molecule has 2 amide bonds. The molecule has 3 aromatic carbocycles. The number of carbonyl (C=O) groups excluding carboxylic acids is 2. The molecule has 1 unspecified atom stereocenters. The molecule has 0 radical (unpaired) electrons. The highest BCUT2D eigenvalue weighted by Crippen LogP contribution is 2.66. The molecule has 0 bridgehead atoms. The van der Waals surface area contributed by atoms with Crippen molar-refractivity contribution < 1.29 is 38.0 Å². The fourth-order valence-electron chi connectivity index (χ4n) is 5.77. The second-order valence-electron chi connectivity index (χ2n) is 11.9. The van der Waals surface area contributed by atoms with E-state index in [1.165, 1.54) is 0 Å². The fourth-order valence-corrected chi connectivity index (χ4v) is 5.77. The second kappa shape index (κ2) is 13.3. The molecule has 5 rings (SSSR count). The van der Waals surface area contributed by atoms with Crippen molar-refractivity contribution in [3.8, 4) is 33.8 Å². The lowest BCUT2D eigenvalue weighted by atomic mass is 9.91. The van der Waals surface area contributed by atoms with Gasteiger partial charge < -0.3 is 39.1 Å². The van der Waals surface area contributed by atoms with E-state index in [4.69, 9.17) is 28.4 Å². The smallest absolute Gasteiger partial charge is 0.407 e. The molecule has 0 aliphatic heterocycles. The van der Waals surface area contributed by atoms with Crippen molar-refractivity contribution >= 4 is 12.2 Å². The highest BCUT2D eigenvalue weighted by molar-refractivity contribution is 5.98. The summed E-state index contributed by atoms with van der Waals surface area (Å²) in [5.41, 5.74) is 4.94. The summed E-state index contributed by atoms with van der Waals surface area (Å²) in [5.74, 6) is 1.59. The minimum absolute atomic E-state index is 0.0319. The SMILES string of the molecule is COc1ccc2c(c1)[C@@H]1C(COC(=O)NCCOCCOCCNC(=O)OC(C)(C)C)[C@@H]1c1cc(OC)ccc1-c1c-2c1=O. The summed E-state index contributed by atoms with van der Waals surface area (Å²) in [6, 6.07) is 11.6. The van der Waals surface area contributed by atoms with Crippen molar-refractivity contribution in [1.82, 2.24) is 10.6 Å². The van der Waals surface area contributed by atoms with Gasteiger partial charge in [0.25, 0.3) is 0 Å². The number of rotatable bonds is 13. The molecule has 3 aromatic rings. The highest BCUT2D eigenvalue weighted by atomic mass is 16.6. The third-order valence-electron chi connectivity index (χ3n) is 7.79. The van der Waals surface area contributed by atoms with E-state index < -0.39 is 17.8 Å². The van der Waals surface area contributed by atoms with Crippen LogP contribution >= 0.6 is 0 Å². The van der Waals surface area contributed by atoms with Gasteiger partial charge in [-0.2, -0.15) is 0 Å². The third-order valence-corrected chi connectivity index (χ3v) is 7.79. The number of ether oxygens (including phenoxy) is 6. The highest BCUT2D eigenvalue weighted by Gasteiger charge is 2.56. The van der Waals surface area contributed by atoms with E-state index in [9.17, 15) is 14.4 Å². The molecule has 0 saturated heterocycles. The van der Waals surface area contributed by atoms with Crippen LogP contribution in [0.2, 0.25) is 0 Å². The van der Waals surface area contributed by atoms with Crippen LogP contribution in [0.15, 0.2) is 41.2 Å². The van der Waals surface area contributed by atoms with Gasteiger partial charge in [-0.3, -0.25) is 4.79 Å². The van der Waals surface area contributed by atoms with Crippen LogP contribution in [0, 0.1) is 5.92 Å². The maximum absolute atomic E-state index is 12.9. The zero-order valence-electron chi connectivity index (χ0n) is 25.8. The summed E-state index contributed by atoms with van der Waals surface area (Å²) < 4.78 is 32.7. The van der Waals surface area contributed by atoms with Gasteiger partial charge >= 0.3 is 12.2 Å². The monoisotopic (exact) mass is 608 g/mol. The van der Waals surface area contributed by atoms with E-state index in [1.54, 1.807) is 35.0 Å². The number of hydrogen-bond donors (Lipinski definition) is 2. The quantitative estimate of drug-likeness (QED) is 0.272. The van der Waals surface area contributed by atoms with Gasteiger partial charge in [0.1, 0.15) is 17.1 Å². The average Bonchev–Trinajstić information content (AvgIpc) is 3.88. The Bertz CT molecular complexity index is 1420. The van der Waals surface area contributed by atoms with Crippen molar-refractivity contribution in [2.24, 2.45) is 5.92 Å². The number of carbonyl (C=O) groups is 2. The van der Waals surface area contributed by atoms with Crippen LogP contribution in [0.4, 0.5) is 9.59 Å². The predicted molar refractivity (Wildman–Crippen MR) is 163 cm³/mol. The Hall–Kier alpha value is -4.09. The number of alkyl carbamates (subject to hydrolysis) is 2. The topological polar surface area (TPSA) is 131 Å². The summed E-state index contributed by atoms with van der Waals surface area (Å²) >= 11 is 0. The normalized spacial score (nSPS) is 18.1. The molecule has 2 aliphatic rings. The van der Waals surface area contributed by atoms with Crippen molar-refractivity contribution in [2.75, 3.05) is 60.3 Å². The first kappa shape index (κ1) is 31.3. The van der Waals surface area contributed by atoms with Gasteiger partial charge in [0.15, 0.2) is 5.43 Å². The molecule has 44 heavy (non-hydrogen) atoms. The Morgan fingerprint density at radius 1 is 0.750 bits per heavy atom. The van der Waals surface area contributed by atoms with Crippen molar-refractivity contribution in [3.63, 3.8) is 0 Å². The molecule has 2 aliphatic carbocycles. The number of fused-ring (bicyclic) bond motifs is 8. The van der Waals surface area contributed by atoms with E-state index in [0.29, 0.717) is 33.0 Å². The van der Waals surface area contributed by atoms with Crippen LogP contribution in [0.1, 0.15) is 43.7 Å². The van der Waals surface area contributed by atoms with Gasteiger partial charge in [-0.15, -0.1) is 0 Å². The van der Waals surface area contributed by atoms with Gasteiger partial charge in [0.2, 0.25) is 0 Å². The molecule has 0 heterocycles. The summed E-state index contributed by atoms with van der Waals surface area (Å²) in [4.78, 5) is 37.0. The van der Waals surface area contributed by atoms with E-state index in [1.807, 2.05) is 36.4 Å². The lowest BCUT2D eigenvalue weighted by molar-refractivity contribution is 0.0400. The molecule has 11 heteroatoms. The van der Waals surface area contributed by atoms with Crippen LogP contribution in [0.25, 0.3) is 22.3 Å². The Kier molecular flexibility index (Phi) is 9.45. The average molecular weight is 609 g/mol. The van der Waals surface area contributed by atoms with Crippen LogP contribution in [-0.2, 0) is 18.9 Å². The van der Waals surface area contributed by atoms with E-state index >= 15 is 0 Å². The van der Waals surface area contributed by atoms with Crippen molar-refractivity contribution in [2.45, 2.75) is 38.2 Å². The maximum atomic E-state index is 12.9. The number of nitrogens with one attached hydrogen (secondary N) is 2. The predicted octanol–water partition coefficient (Wildman–Crippen LogP) is 4.37. The molecule has 0 aromatic heterocycles. The zero-order chi connectivity index (χ0) is 31.4. The van der Waals surface area contributed by atoms with Crippen molar-refractivity contribution in [3.05, 3.63) is 57.7 Å². The Labute approximate surface area is 256 Å². The van der Waals surface area contributed by atoms with Gasteiger partial charge in [-0.1, -0.05) is 12.1 Å². The Morgan fingerprint density at radius 2 is 1.25 bits per heavy atom. The Balaban J connectivity index is 1.08. The van der Waals surface area contributed by atoms with E-state index in [0.717, 1.165) is 44.9 Å². The van der Waals surface area contributed by atoms with Gasteiger partial charge in [0, 0.05) is 30.1 Å². The van der Waals surface area contributed by atoms with Crippen LogP contribution < -0.4 is 25.5 Å². The standard InChI is InChI=1S/C33H40N2O9/c1-33(2,3)44-32(38)35-11-13-42-15-14-41-12-10-34-31(37)43-18-25-26-23-16-19(39-4)6-8-21(23)28-29(30(28)36)22-9-7-20(40-5)17-24(22)27(25)26/h6-9,16-17,25-27H,10-15,18H2,1-5H3,(H,34,37)(H,35,38)/t25?,26-,27+. The van der Waals surface area contributed by atoms with Gasteiger partial charge in [-0.25, -0.2) is 9.59 Å².